The van der Waals surface area contributed by atoms with Crippen LogP contribution in [0.15, 0.2) is 16.8 Å². The van der Waals surface area contributed by atoms with Crippen molar-refractivity contribution in [2.75, 3.05) is 27.7 Å². The lowest BCUT2D eigenvalue weighted by atomic mass is 10.1. The number of amides is 1. The number of carbonyl (C=O) groups excluding carboxylic acids is 1. The molecule has 0 radical (unpaired) electrons. The Morgan fingerprint density at radius 3 is 2.65 bits per heavy atom. The molecular weight excluding hydrogens is 234 g/mol. The average molecular weight is 255 g/mol. The van der Waals surface area contributed by atoms with Crippen molar-refractivity contribution in [1.29, 1.82) is 0 Å². The van der Waals surface area contributed by atoms with Crippen LogP contribution in [-0.4, -0.2) is 49.4 Å². The third-order valence-electron chi connectivity index (χ3n) is 2.82. The second-order valence-corrected chi connectivity index (χ2v) is 5.21. The molecule has 1 amide bonds. The third-order valence-corrected chi connectivity index (χ3v) is 3.55. The molecule has 4 nitrogen and oxygen atoms in total. The summed E-state index contributed by atoms with van der Waals surface area (Å²) in [4.78, 5) is 15.4. The minimum absolute atomic E-state index is 0.102. The van der Waals surface area contributed by atoms with E-state index in [4.69, 9.17) is 5.73 Å². The maximum atomic E-state index is 11.7. The molecule has 1 rings (SSSR count). The smallest absolute Gasteiger partial charge is 0.223 e. The summed E-state index contributed by atoms with van der Waals surface area (Å²) < 4.78 is 0. The quantitative estimate of drug-likeness (QED) is 0.824. The van der Waals surface area contributed by atoms with E-state index in [9.17, 15) is 4.79 Å². The van der Waals surface area contributed by atoms with E-state index in [1.807, 2.05) is 7.05 Å². The fourth-order valence-corrected chi connectivity index (χ4v) is 2.26. The van der Waals surface area contributed by atoms with E-state index in [-0.39, 0.29) is 11.9 Å². The van der Waals surface area contributed by atoms with Gasteiger partial charge in [-0.15, -0.1) is 0 Å². The van der Waals surface area contributed by atoms with Crippen molar-refractivity contribution in [2.45, 2.75) is 19.0 Å². The molecule has 0 aliphatic carbocycles. The van der Waals surface area contributed by atoms with Crippen LogP contribution in [-0.2, 0) is 11.3 Å². The maximum Gasteiger partial charge on any atom is 0.223 e. The van der Waals surface area contributed by atoms with Gasteiger partial charge in [0.1, 0.15) is 0 Å². The number of nitrogens with zero attached hydrogens (tertiary/aromatic N) is 2. The molecular formula is C12H21N3OS. The molecule has 1 unspecified atom stereocenters. The highest BCUT2D eigenvalue weighted by Crippen LogP contribution is 2.12. The molecule has 2 N–H and O–H groups in total. The Morgan fingerprint density at radius 2 is 2.18 bits per heavy atom. The minimum atomic E-state index is 0.102. The van der Waals surface area contributed by atoms with Crippen LogP contribution in [0.25, 0.3) is 0 Å². The van der Waals surface area contributed by atoms with Gasteiger partial charge >= 0.3 is 0 Å². The van der Waals surface area contributed by atoms with Gasteiger partial charge in [0.2, 0.25) is 5.91 Å². The first-order valence-electron chi connectivity index (χ1n) is 5.66. The number of hydrogen-bond donors (Lipinski definition) is 1. The first-order chi connectivity index (χ1) is 8.04. The van der Waals surface area contributed by atoms with Crippen LogP contribution < -0.4 is 5.73 Å². The Morgan fingerprint density at radius 1 is 1.47 bits per heavy atom. The van der Waals surface area contributed by atoms with Gasteiger partial charge in [-0.2, -0.15) is 11.3 Å². The molecule has 17 heavy (non-hydrogen) atoms. The van der Waals surface area contributed by atoms with Gasteiger partial charge in [0, 0.05) is 39.6 Å². The summed E-state index contributed by atoms with van der Waals surface area (Å²) in [5.41, 5.74) is 7.01. The highest BCUT2D eigenvalue weighted by atomic mass is 32.1. The van der Waals surface area contributed by atoms with Gasteiger partial charge in [0.25, 0.3) is 0 Å². The minimum Gasteiger partial charge on any atom is -0.349 e. The summed E-state index contributed by atoms with van der Waals surface area (Å²) in [5.74, 6) is 0.123. The summed E-state index contributed by atoms with van der Waals surface area (Å²) in [7, 11) is 5.56. The number of hydrogen-bond acceptors (Lipinski definition) is 4. The summed E-state index contributed by atoms with van der Waals surface area (Å²) in [5, 5.41) is 4.18. The summed E-state index contributed by atoms with van der Waals surface area (Å²) >= 11 is 1.69. The lowest BCUT2D eigenvalue weighted by molar-refractivity contribution is -0.129. The first-order valence-corrected chi connectivity index (χ1v) is 6.60. The van der Waals surface area contributed by atoms with E-state index in [2.05, 4.69) is 21.7 Å². The highest BCUT2D eigenvalue weighted by Gasteiger charge is 2.18. The summed E-state index contributed by atoms with van der Waals surface area (Å²) in [6.45, 7) is 1.34. The van der Waals surface area contributed by atoms with Crippen molar-refractivity contribution >= 4 is 17.2 Å². The maximum absolute atomic E-state index is 11.7. The Labute approximate surface area is 107 Å². The Kier molecular flexibility index (Phi) is 5.61. The van der Waals surface area contributed by atoms with Crippen LogP contribution in [0.1, 0.15) is 12.0 Å². The van der Waals surface area contributed by atoms with Crippen molar-refractivity contribution in [3.63, 3.8) is 0 Å². The standard InChI is InChI=1S/C12H21N3OS/c1-14(2)12(16)6-11(7-13)15(3)8-10-4-5-17-9-10/h4-5,9,11H,6-8,13H2,1-3H3. The lowest BCUT2D eigenvalue weighted by Crippen LogP contribution is -2.41. The van der Waals surface area contributed by atoms with Crippen molar-refractivity contribution < 1.29 is 4.79 Å². The fraction of sp³-hybridized carbons (Fsp3) is 0.583. The van der Waals surface area contributed by atoms with Crippen LogP contribution in [0.2, 0.25) is 0 Å². The van der Waals surface area contributed by atoms with Crippen LogP contribution in [0, 0.1) is 0 Å². The Bertz CT molecular complexity index is 338. The van der Waals surface area contributed by atoms with Gasteiger partial charge in [-0.1, -0.05) is 0 Å². The van der Waals surface area contributed by atoms with Gasteiger partial charge < -0.3 is 10.6 Å². The molecule has 96 valence electrons. The Hall–Kier alpha value is -0.910. The number of likely N-dealkylation sites (N-methyl/N-ethyl adjacent to an activating group) is 1. The normalized spacial score (nSPS) is 12.8. The van der Waals surface area contributed by atoms with E-state index in [0.717, 1.165) is 6.54 Å². The van der Waals surface area contributed by atoms with Gasteiger partial charge in [-0.05, 0) is 29.4 Å². The number of thiophene rings is 1. The molecule has 0 aromatic carbocycles. The molecule has 5 heteroatoms. The molecule has 0 bridgehead atoms. The molecule has 1 aromatic rings. The van der Waals surface area contributed by atoms with Crippen LogP contribution in [0.3, 0.4) is 0 Å². The number of carbonyl (C=O) groups is 1. The SMILES string of the molecule is CN(C)C(=O)CC(CN)N(C)Cc1ccsc1. The molecule has 0 spiro atoms. The zero-order valence-corrected chi connectivity index (χ0v) is 11.5. The van der Waals surface area contributed by atoms with E-state index < -0.39 is 0 Å². The summed E-state index contributed by atoms with van der Waals surface area (Å²) in [6, 6.07) is 2.20. The van der Waals surface area contributed by atoms with E-state index in [0.29, 0.717) is 13.0 Å². The molecule has 1 atom stereocenters. The van der Waals surface area contributed by atoms with Gasteiger partial charge in [-0.3, -0.25) is 9.69 Å². The Balaban J connectivity index is 2.52. The predicted octanol–water partition coefficient (Wildman–Crippen LogP) is 0.986. The van der Waals surface area contributed by atoms with Crippen molar-refractivity contribution in [3.05, 3.63) is 22.4 Å². The molecule has 1 aromatic heterocycles. The zero-order valence-electron chi connectivity index (χ0n) is 10.7. The van der Waals surface area contributed by atoms with Gasteiger partial charge in [-0.25, -0.2) is 0 Å². The molecule has 1 heterocycles. The second-order valence-electron chi connectivity index (χ2n) is 4.43. The number of rotatable bonds is 6. The molecule has 0 aliphatic rings. The van der Waals surface area contributed by atoms with E-state index in [1.54, 1.807) is 30.3 Å². The second kappa shape index (κ2) is 6.74. The zero-order chi connectivity index (χ0) is 12.8. The molecule has 0 saturated carbocycles. The lowest BCUT2D eigenvalue weighted by Gasteiger charge is -2.27. The fourth-order valence-electron chi connectivity index (χ4n) is 1.60. The van der Waals surface area contributed by atoms with Crippen molar-refractivity contribution in [3.8, 4) is 0 Å². The van der Waals surface area contributed by atoms with E-state index >= 15 is 0 Å². The van der Waals surface area contributed by atoms with Gasteiger partial charge in [0.05, 0.1) is 0 Å². The van der Waals surface area contributed by atoms with Crippen LogP contribution in [0.5, 0.6) is 0 Å². The van der Waals surface area contributed by atoms with Crippen molar-refractivity contribution in [2.24, 2.45) is 5.73 Å². The largest absolute Gasteiger partial charge is 0.349 e. The molecule has 0 aliphatic heterocycles. The van der Waals surface area contributed by atoms with Crippen LogP contribution >= 0.6 is 11.3 Å². The third kappa shape index (κ3) is 4.46. The topological polar surface area (TPSA) is 49.6 Å². The monoisotopic (exact) mass is 255 g/mol. The van der Waals surface area contributed by atoms with Crippen molar-refractivity contribution in [1.82, 2.24) is 9.80 Å². The number of nitrogens with two attached hydrogens (primary N) is 1. The van der Waals surface area contributed by atoms with Gasteiger partial charge in [0.15, 0.2) is 0 Å². The molecule has 0 saturated heterocycles. The van der Waals surface area contributed by atoms with Crippen LogP contribution in [0.4, 0.5) is 0 Å². The predicted molar refractivity (Wildman–Crippen MR) is 71.9 cm³/mol. The van der Waals surface area contributed by atoms with E-state index in [1.165, 1.54) is 5.56 Å². The average Bonchev–Trinajstić information content (AvgIpc) is 2.77. The molecule has 0 fully saturated rings. The summed E-state index contributed by atoms with van der Waals surface area (Å²) in [6.07, 6.45) is 0.476. The highest BCUT2D eigenvalue weighted by molar-refractivity contribution is 7.07. The first kappa shape index (κ1) is 14.2.